The molecule has 0 aromatic heterocycles. The number of nitrogens with zero attached hydrogens (tertiary/aromatic N) is 2. The second kappa shape index (κ2) is 10.2. The molecular formula is C25H29N3O6S. The van der Waals surface area contributed by atoms with Crippen molar-refractivity contribution in [3.05, 3.63) is 53.6 Å². The molecule has 2 aliphatic rings. The molecule has 0 saturated carbocycles. The number of hydrogen-bond donors (Lipinski definition) is 1. The van der Waals surface area contributed by atoms with E-state index in [1.807, 2.05) is 0 Å². The van der Waals surface area contributed by atoms with Crippen molar-refractivity contribution in [2.24, 2.45) is 0 Å². The number of carbonyl (C=O) groups is 3. The molecule has 0 unspecified atom stereocenters. The van der Waals surface area contributed by atoms with Gasteiger partial charge in [0, 0.05) is 25.6 Å². The minimum absolute atomic E-state index is 0.0557. The Balaban J connectivity index is 1.50. The van der Waals surface area contributed by atoms with Crippen LogP contribution in [0.1, 0.15) is 48.5 Å². The van der Waals surface area contributed by atoms with E-state index in [4.69, 9.17) is 4.74 Å². The van der Waals surface area contributed by atoms with Crippen LogP contribution in [0.25, 0.3) is 0 Å². The number of carbonyl (C=O) groups excluding carboxylic acids is 3. The van der Waals surface area contributed by atoms with Gasteiger partial charge in [-0.2, -0.15) is 4.31 Å². The van der Waals surface area contributed by atoms with Gasteiger partial charge in [-0.15, -0.1) is 0 Å². The number of rotatable bonds is 5. The summed E-state index contributed by atoms with van der Waals surface area (Å²) in [7, 11) is -3.74. The number of piperidine rings is 1. The number of para-hydroxylation sites is 2. The van der Waals surface area contributed by atoms with Crippen LogP contribution in [-0.2, 0) is 24.3 Å². The first-order chi connectivity index (χ1) is 16.7. The molecule has 1 fully saturated rings. The van der Waals surface area contributed by atoms with Crippen LogP contribution in [0.2, 0.25) is 0 Å². The predicted octanol–water partition coefficient (Wildman–Crippen LogP) is 3.09. The van der Waals surface area contributed by atoms with Gasteiger partial charge in [0.1, 0.15) is 0 Å². The summed E-state index contributed by atoms with van der Waals surface area (Å²) in [6.07, 6.45) is 2.71. The summed E-state index contributed by atoms with van der Waals surface area (Å²) in [5, 5.41) is 2.78. The molecule has 35 heavy (non-hydrogen) atoms. The summed E-state index contributed by atoms with van der Waals surface area (Å²) in [5.41, 5.74) is 1.63. The number of anilines is 2. The molecule has 2 aromatic rings. The largest absolute Gasteiger partial charge is 0.452 e. The molecule has 0 radical (unpaired) electrons. The Morgan fingerprint density at radius 2 is 1.80 bits per heavy atom. The highest BCUT2D eigenvalue weighted by Crippen LogP contribution is 2.31. The maximum absolute atomic E-state index is 13.1. The van der Waals surface area contributed by atoms with Gasteiger partial charge in [-0.05, 0) is 56.5 Å². The highest BCUT2D eigenvalue weighted by atomic mass is 32.2. The molecule has 0 aliphatic carbocycles. The topological polar surface area (TPSA) is 113 Å². The number of sulfonamides is 1. The number of benzene rings is 2. The van der Waals surface area contributed by atoms with Gasteiger partial charge in [0.2, 0.25) is 15.9 Å². The van der Waals surface area contributed by atoms with Crippen LogP contribution < -0.4 is 10.2 Å². The quantitative estimate of drug-likeness (QED) is 0.633. The zero-order valence-electron chi connectivity index (χ0n) is 19.8. The van der Waals surface area contributed by atoms with Crippen molar-refractivity contribution in [3.8, 4) is 0 Å². The predicted molar refractivity (Wildman–Crippen MR) is 131 cm³/mol. The SMILES string of the molecule is Cc1ccc(C(=O)OCC(=O)N2c3ccccc3NC(=O)C[C@H]2C)cc1S(=O)(=O)N1CCCCC1. The van der Waals surface area contributed by atoms with E-state index in [1.165, 1.54) is 21.3 Å². The Kier molecular flexibility index (Phi) is 7.23. The molecule has 2 amide bonds. The number of hydrogen-bond acceptors (Lipinski definition) is 6. The molecule has 1 N–H and O–H groups in total. The zero-order chi connectivity index (χ0) is 25.2. The summed E-state index contributed by atoms with van der Waals surface area (Å²) in [6.45, 7) is 3.80. The van der Waals surface area contributed by atoms with E-state index in [0.717, 1.165) is 19.3 Å². The molecule has 10 heteroatoms. The summed E-state index contributed by atoms with van der Waals surface area (Å²) in [5.74, 6) is -1.49. The second-order valence-corrected chi connectivity index (χ2v) is 10.8. The van der Waals surface area contributed by atoms with Gasteiger partial charge in [-0.1, -0.05) is 24.6 Å². The lowest BCUT2D eigenvalue weighted by molar-refractivity contribution is -0.122. The van der Waals surface area contributed by atoms with Crippen molar-refractivity contribution in [1.29, 1.82) is 0 Å². The standard InChI is InChI=1S/C25H29N3O6S/c1-17-10-11-19(15-22(17)35(32,33)27-12-6-3-7-13-27)25(31)34-16-24(30)28-18(2)14-23(29)26-20-8-4-5-9-21(20)28/h4-5,8-11,15,18H,3,6-7,12-14,16H2,1-2H3,(H,26,29)/t18-/m1/s1. The first-order valence-electron chi connectivity index (χ1n) is 11.7. The summed E-state index contributed by atoms with van der Waals surface area (Å²) >= 11 is 0. The molecule has 9 nitrogen and oxygen atoms in total. The number of nitrogens with one attached hydrogen (secondary N) is 1. The van der Waals surface area contributed by atoms with Crippen LogP contribution in [0.3, 0.4) is 0 Å². The molecular weight excluding hydrogens is 470 g/mol. The number of ether oxygens (including phenoxy) is 1. The van der Waals surface area contributed by atoms with Crippen LogP contribution in [-0.4, -0.2) is 56.2 Å². The Morgan fingerprint density at radius 1 is 1.09 bits per heavy atom. The van der Waals surface area contributed by atoms with Crippen LogP contribution in [0.15, 0.2) is 47.4 Å². The van der Waals surface area contributed by atoms with Gasteiger partial charge >= 0.3 is 5.97 Å². The summed E-state index contributed by atoms with van der Waals surface area (Å²) < 4.78 is 33.0. The average molecular weight is 500 g/mol. The smallest absolute Gasteiger partial charge is 0.338 e. The summed E-state index contributed by atoms with van der Waals surface area (Å²) in [6, 6.07) is 10.9. The minimum atomic E-state index is -3.74. The van der Waals surface area contributed by atoms with Gasteiger partial charge in [0.25, 0.3) is 5.91 Å². The van der Waals surface area contributed by atoms with Crippen molar-refractivity contribution in [2.45, 2.75) is 50.5 Å². The van der Waals surface area contributed by atoms with Gasteiger partial charge in [-0.3, -0.25) is 9.59 Å². The van der Waals surface area contributed by atoms with E-state index in [9.17, 15) is 22.8 Å². The fourth-order valence-corrected chi connectivity index (χ4v) is 6.27. The Hall–Kier alpha value is -3.24. The third-order valence-corrected chi connectivity index (χ3v) is 8.35. The van der Waals surface area contributed by atoms with Gasteiger partial charge in [0.15, 0.2) is 6.61 Å². The monoisotopic (exact) mass is 499 g/mol. The number of amides is 2. The molecule has 0 bridgehead atoms. The van der Waals surface area contributed by atoms with Gasteiger partial charge < -0.3 is 15.0 Å². The molecule has 2 heterocycles. The molecule has 1 saturated heterocycles. The molecule has 0 spiro atoms. The number of esters is 1. The van der Waals surface area contributed by atoms with Crippen LogP contribution in [0.5, 0.6) is 0 Å². The third kappa shape index (κ3) is 5.23. The first kappa shape index (κ1) is 24.9. The average Bonchev–Trinajstić information content (AvgIpc) is 2.97. The first-order valence-corrected chi connectivity index (χ1v) is 13.1. The summed E-state index contributed by atoms with van der Waals surface area (Å²) in [4.78, 5) is 39.5. The normalized spacial score (nSPS) is 18.9. The lowest BCUT2D eigenvalue weighted by Gasteiger charge is -2.27. The molecule has 4 rings (SSSR count). The Labute approximate surface area is 205 Å². The van der Waals surface area contributed by atoms with Crippen molar-refractivity contribution in [2.75, 3.05) is 29.9 Å². The van der Waals surface area contributed by atoms with Crippen molar-refractivity contribution >= 4 is 39.2 Å². The highest BCUT2D eigenvalue weighted by Gasteiger charge is 2.31. The lowest BCUT2D eigenvalue weighted by Crippen LogP contribution is -2.41. The van der Waals surface area contributed by atoms with Crippen LogP contribution >= 0.6 is 0 Å². The fourth-order valence-electron chi connectivity index (χ4n) is 4.50. The third-order valence-electron chi connectivity index (χ3n) is 6.31. The second-order valence-electron chi connectivity index (χ2n) is 8.90. The zero-order valence-corrected chi connectivity index (χ0v) is 20.6. The number of fused-ring (bicyclic) bond motifs is 1. The molecule has 2 aromatic carbocycles. The van der Waals surface area contributed by atoms with E-state index < -0.39 is 34.5 Å². The lowest BCUT2D eigenvalue weighted by atomic mass is 10.1. The molecule has 2 aliphatic heterocycles. The fraction of sp³-hybridized carbons (Fsp3) is 0.400. The van der Waals surface area contributed by atoms with E-state index in [0.29, 0.717) is 30.0 Å². The van der Waals surface area contributed by atoms with E-state index in [-0.39, 0.29) is 22.8 Å². The van der Waals surface area contributed by atoms with E-state index in [2.05, 4.69) is 5.32 Å². The minimum Gasteiger partial charge on any atom is -0.452 e. The van der Waals surface area contributed by atoms with Crippen molar-refractivity contribution < 1.29 is 27.5 Å². The van der Waals surface area contributed by atoms with Crippen LogP contribution in [0, 0.1) is 6.92 Å². The maximum atomic E-state index is 13.1. The maximum Gasteiger partial charge on any atom is 0.338 e. The van der Waals surface area contributed by atoms with Crippen molar-refractivity contribution in [3.63, 3.8) is 0 Å². The molecule has 186 valence electrons. The van der Waals surface area contributed by atoms with Gasteiger partial charge in [0.05, 0.1) is 21.8 Å². The van der Waals surface area contributed by atoms with E-state index in [1.54, 1.807) is 44.2 Å². The van der Waals surface area contributed by atoms with Crippen LogP contribution in [0.4, 0.5) is 11.4 Å². The Bertz CT molecular complexity index is 1250. The van der Waals surface area contributed by atoms with Gasteiger partial charge in [-0.25, -0.2) is 13.2 Å². The van der Waals surface area contributed by atoms with Crippen molar-refractivity contribution in [1.82, 2.24) is 4.31 Å². The highest BCUT2D eigenvalue weighted by molar-refractivity contribution is 7.89. The van der Waals surface area contributed by atoms with E-state index >= 15 is 0 Å². The Morgan fingerprint density at radius 3 is 2.54 bits per heavy atom. The number of aryl methyl sites for hydroxylation is 1. The molecule has 1 atom stereocenters.